The summed E-state index contributed by atoms with van der Waals surface area (Å²) in [5.74, 6) is -0.509. The van der Waals surface area contributed by atoms with Gasteiger partial charge in [0.25, 0.3) is 0 Å². The molecule has 0 aliphatic carbocycles. The average molecular weight is 364 g/mol. The van der Waals surface area contributed by atoms with Crippen LogP contribution in [-0.4, -0.2) is 18.4 Å². The maximum atomic E-state index is 12.8. The lowest BCUT2D eigenvalue weighted by Crippen LogP contribution is -2.14. The van der Waals surface area contributed by atoms with Gasteiger partial charge in [0.2, 0.25) is 0 Å². The van der Waals surface area contributed by atoms with Crippen molar-refractivity contribution in [3.05, 3.63) is 101 Å². The van der Waals surface area contributed by atoms with Crippen molar-refractivity contribution in [1.82, 2.24) is 0 Å². The van der Waals surface area contributed by atoms with E-state index in [2.05, 4.69) is 0 Å². The van der Waals surface area contributed by atoms with E-state index < -0.39 is 5.97 Å². The molecule has 4 nitrogen and oxygen atoms in total. The minimum Gasteiger partial charge on any atom is -0.482 e. The van der Waals surface area contributed by atoms with Crippen LogP contribution in [0.5, 0.6) is 5.75 Å². The van der Waals surface area contributed by atoms with Crippen molar-refractivity contribution < 1.29 is 23.5 Å². The molecule has 3 aromatic carbocycles. The van der Waals surface area contributed by atoms with Gasteiger partial charge in [-0.2, -0.15) is 0 Å². The number of ether oxygens (including phenoxy) is 2. The predicted octanol–water partition coefficient (Wildman–Crippen LogP) is 4.18. The molecular weight excluding hydrogens is 347 g/mol. The lowest BCUT2D eigenvalue weighted by atomic mass is 10.0. The lowest BCUT2D eigenvalue weighted by molar-refractivity contribution is -0.147. The van der Waals surface area contributed by atoms with Gasteiger partial charge < -0.3 is 9.47 Å². The highest BCUT2D eigenvalue weighted by Gasteiger charge is 2.09. The zero-order valence-electron chi connectivity index (χ0n) is 14.4. The molecule has 5 heteroatoms. The Labute approximate surface area is 156 Å². The number of carbonyl (C=O) groups excluding carboxylic acids is 2. The summed E-state index contributed by atoms with van der Waals surface area (Å²) in [6.45, 7) is -0.208. The van der Waals surface area contributed by atoms with Crippen molar-refractivity contribution in [2.45, 2.75) is 6.61 Å². The Bertz CT molecular complexity index is 903. The fraction of sp³-hybridized carbons (Fsp3) is 0.0909. The van der Waals surface area contributed by atoms with Crippen LogP contribution >= 0.6 is 0 Å². The molecule has 0 unspecified atom stereocenters. The van der Waals surface area contributed by atoms with Crippen molar-refractivity contribution in [3.63, 3.8) is 0 Å². The van der Waals surface area contributed by atoms with E-state index in [0.29, 0.717) is 22.4 Å². The van der Waals surface area contributed by atoms with Crippen LogP contribution in [0.4, 0.5) is 4.39 Å². The van der Waals surface area contributed by atoms with Crippen molar-refractivity contribution in [2.75, 3.05) is 6.61 Å². The predicted molar refractivity (Wildman–Crippen MR) is 98.0 cm³/mol. The molecule has 3 aromatic rings. The highest BCUT2D eigenvalue weighted by atomic mass is 19.1. The van der Waals surface area contributed by atoms with E-state index in [1.54, 1.807) is 48.5 Å². The summed E-state index contributed by atoms with van der Waals surface area (Å²) in [7, 11) is 0. The molecule has 27 heavy (non-hydrogen) atoms. The third-order valence-electron chi connectivity index (χ3n) is 3.82. The maximum absolute atomic E-state index is 12.8. The largest absolute Gasteiger partial charge is 0.482 e. The molecule has 0 atom stereocenters. The van der Waals surface area contributed by atoms with E-state index in [-0.39, 0.29) is 24.8 Å². The molecule has 0 saturated heterocycles. The van der Waals surface area contributed by atoms with Crippen molar-refractivity contribution in [3.8, 4) is 5.75 Å². The third kappa shape index (κ3) is 5.25. The second-order valence-electron chi connectivity index (χ2n) is 5.80. The smallest absolute Gasteiger partial charge is 0.344 e. The summed E-state index contributed by atoms with van der Waals surface area (Å²) in [5.41, 5.74) is 1.83. The molecule has 3 rings (SSSR count). The van der Waals surface area contributed by atoms with E-state index >= 15 is 0 Å². The van der Waals surface area contributed by atoms with Gasteiger partial charge in [-0.15, -0.1) is 0 Å². The minimum absolute atomic E-state index is 0.0486. The molecule has 0 radical (unpaired) electrons. The lowest BCUT2D eigenvalue weighted by Gasteiger charge is -2.08. The number of carbonyl (C=O) groups is 2. The van der Waals surface area contributed by atoms with Crippen LogP contribution in [0.2, 0.25) is 0 Å². The average Bonchev–Trinajstić information content (AvgIpc) is 2.72. The first-order valence-corrected chi connectivity index (χ1v) is 8.34. The Hall–Kier alpha value is -3.47. The van der Waals surface area contributed by atoms with E-state index in [0.717, 1.165) is 0 Å². The molecule has 0 aliphatic heterocycles. The zero-order valence-corrected chi connectivity index (χ0v) is 14.4. The number of rotatable bonds is 7. The van der Waals surface area contributed by atoms with Gasteiger partial charge in [0, 0.05) is 11.1 Å². The van der Waals surface area contributed by atoms with Crippen LogP contribution in [0.1, 0.15) is 21.5 Å². The first-order chi connectivity index (χ1) is 13.1. The maximum Gasteiger partial charge on any atom is 0.344 e. The number of benzene rings is 3. The second-order valence-corrected chi connectivity index (χ2v) is 5.80. The van der Waals surface area contributed by atoms with Crippen molar-refractivity contribution in [2.24, 2.45) is 0 Å². The van der Waals surface area contributed by atoms with Gasteiger partial charge in [-0.3, -0.25) is 4.79 Å². The molecule has 0 amide bonds. The summed E-state index contributed by atoms with van der Waals surface area (Å²) in [6.07, 6.45) is 0. The second kappa shape index (κ2) is 8.76. The van der Waals surface area contributed by atoms with E-state index in [1.807, 2.05) is 18.2 Å². The van der Waals surface area contributed by atoms with Gasteiger partial charge in [-0.1, -0.05) is 42.5 Å². The van der Waals surface area contributed by atoms with E-state index in [4.69, 9.17) is 9.47 Å². The Morgan fingerprint density at radius 2 is 1.41 bits per heavy atom. The van der Waals surface area contributed by atoms with Crippen LogP contribution in [0, 0.1) is 5.82 Å². The summed E-state index contributed by atoms with van der Waals surface area (Å²) in [6, 6.07) is 21.2. The first kappa shape index (κ1) is 18.3. The molecule has 0 aromatic heterocycles. The van der Waals surface area contributed by atoms with Gasteiger partial charge in [0.05, 0.1) is 0 Å². The van der Waals surface area contributed by atoms with E-state index in [9.17, 15) is 14.0 Å². The fourth-order valence-electron chi connectivity index (χ4n) is 2.39. The van der Waals surface area contributed by atoms with Crippen LogP contribution in [-0.2, 0) is 16.1 Å². The summed E-state index contributed by atoms with van der Waals surface area (Å²) in [5, 5.41) is 0. The quantitative estimate of drug-likeness (QED) is 0.466. The standard InChI is InChI=1S/C22H17FO4/c23-19-10-6-16(7-11-19)14-27-21(24)15-26-20-12-8-18(9-13-20)22(25)17-4-2-1-3-5-17/h1-13H,14-15H2. The molecule has 136 valence electrons. The third-order valence-corrected chi connectivity index (χ3v) is 3.82. The van der Waals surface area contributed by atoms with Crippen LogP contribution in [0.15, 0.2) is 78.9 Å². The normalized spacial score (nSPS) is 10.3. The molecule has 0 saturated carbocycles. The Balaban J connectivity index is 1.49. The number of halogens is 1. The summed E-state index contributed by atoms with van der Waals surface area (Å²) in [4.78, 5) is 24.1. The number of ketones is 1. The van der Waals surface area contributed by atoms with Gasteiger partial charge in [-0.05, 0) is 42.0 Å². The minimum atomic E-state index is -0.538. The molecule has 0 spiro atoms. The van der Waals surface area contributed by atoms with Crippen LogP contribution in [0.25, 0.3) is 0 Å². The van der Waals surface area contributed by atoms with Gasteiger partial charge in [0.1, 0.15) is 18.2 Å². The first-order valence-electron chi connectivity index (χ1n) is 8.34. The highest BCUT2D eigenvalue weighted by molar-refractivity contribution is 6.08. The SMILES string of the molecule is O=C(COc1ccc(C(=O)c2ccccc2)cc1)OCc1ccc(F)cc1. The topological polar surface area (TPSA) is 52.6 Å². The molecule has 0 bridgehead atoms. The molecular formula is C22H17FO4. The Morgan fingerprint density at radius 3 is 2.07 bits per heavy atom. The van der Waals surface area contributed by atoms with Crippen molar-refractivity contribution >= 4 is 11.8 Å². The fourth-order valence-corrected chi connectivity index (χ4v) is 2.39. The van der Waals surface area contributed by atoms with Gasteiger partial charge >= 0.3 is 5.97 Å². The summed E-state index contributed by atoms with van der Waals surface area (Å²) < 4.78 is 23.3. The van der Waals surface area contributed by atoms with E-state index in [1.165, 1.54) is 12.1 Å². The summed E-state index contributed by atoms with van der Waals surface area (Å²) >= 11 is 0. The Morgan fingerprint density at radius 1 is 0.778 bits per heavy atom. The monoisotopic (exact) mass is 364 g/mol. The molecule has 0 aliphatic rings. The molecule has 0 fully saturated rings. The van der Waals surface area contributed by atoms with Crippen molar-refractivity contribution in [1.29, 1.82) is 0 Å². The molecule has 0 heterocycles. The number of hydrogen-bond acceptors (Lipinski definition) is 4. The number of hydrogen-bond donors (Lipinski definition) is 0. The molecule has 0 N–H and O–H groups in total. The number of esters is 1. The van der Waals surface area contributed by atoms with Gasteiger partial charge in [0.15, 0.2) is 12.4 Å². The van der Waals surface area contributed by atoms with Gasteiger partial charge in [-0.25, -0.2) is 9.18 Å². The zero-order chi connectivity index (χ0) is 19.1. The highest BCUT2D eigenvalue weighted by Crippen LogP contribution is 2.15. The Kier molecular flexibility index (Phi) is 5.94. The van der Waals surface area contributed by atoms with Crippen LogP contribution in [0.3, 0.4) is 0 Å². The van der Waals surface area contributed by atoms with Crippen LogP contribution < -0.4 is 4.74 Å².